The van der Waals surface area contributed by atoms with E-state index in [-0.39, 0.29) is 5.69 Å². The Hall–Kier alpha value is -1.56. The third-order valence-corrected chi connectivity index (χ3v) is 4.26. The highest BCUT2D eigenvalue weighted by Gasteiger charge is 2.61. The van der Waals surface area contributed by atoms with Gasteiger partial charge in [0.1, 0.15) is 10.8 Å². The molecule has 120 valence electrons. The SMILES string of the molecule is CC1(C)[C@H](C(=O)Nc2ccccc2F)[C@@H]1/C=C(\Cl)C(F)(F)F. The maximum absolute atomic E-state index is 13.5. The van der Waals surface area contributed by atoms with E-state index < -0.39 is 40.2 Å². The summed E-state index contributed by atoms with van der Waals surface area (Å²) in [4.78, 5) is 12.2. The van der Waals surface area contributed by atoms with Gasteiger partial charge in [-0.15, -0.1) is 0 Å². The molecule has 22 heavy (non-hydrogen) atoms. The molecule has 0 heterocycles. The number of carbonyl (C=O) groups excluding carboxylic acids is 1. The lowest BCUT2D eigenvalue weighted by atomic mass is 10.1. The average molecular weight is 336 g/mol. The largest absolute Gasteiger partial charge is 0.426 e. The number of para-hydroxylation sites is 1. The van der Waals surface area contributed by atoms with E-state index in [1.807, 2.05) is 0 Å². The summed E-state index contributed by atoms with van der Waals surface area (Å²) in [7, 11) is 0. The van der Waals surface area contributed by atoms with E-state index in [1.165, 1.54) is 18.2 Å². The zero-order valence-corrected chi connectivity index (χ0v) is 12.6. The first-order chi connectivity index (χ1) is 10.0. The van der Waals surface area contributed by atoms with Crippen molar-refractivity contribution in [1.82, 2.24) is 0 Å². The Kier molecular flexibility index (Phi) is 4.26. The zero-order chi connectivity index (χ0) is 16.7. The Balaban J connectivity index is 2.13. The van der Waals surface area contributed by atoms with Gasteiger partial charge in [0.2, 0.25) is 5.91 Å². The number of anilines is 1. The summed E-state index contributed by atoms with van der Waals surface area (Å²) in [6.45, 7) is 3.33. The quantitative estimate of drug-likeness (QED) is 0.795. The van der Waals surface area contributed by atoms with Gasteiger partial charge in [-0.3, -0.25) is 4.79 Å². The van der Waals surface area contributed by atoms with E-state index in [1.54, 1.807) is 19.9 Å². The van der Waals surface area contributed by atoms with Gasteiger partial charge in [-0.05, 0) is 23.5 Å². The normalized spacial score (nSPS) is 24.0. The van der Waals surface area contributed by atoms with Crippen molar-refractivity contribution in [1.29, 1.82) is 0 Å². The van der Waals surface area contributed by atoms with Crippen LogP contribution in [-0.4, -0.2) is 12.1 Å². The number of amides is 1. The minimum atomic E-state index is -4.63. The molecular weight excluding hydrogens is 322 g/mol. The van der Waals surface area contributed by atoms with Crippen LogP contribution >= 0.6 is 11.6 Å². The third-order valence-electron chi connectivity index (χ3n) is 3.92. The second kappa shape index (κ2) is 5.57. The van der Waals surface area contributed by atoms with Gasteiger partial charge >= 0.3 is 6.18 Å². The van der Waals surface area contributed by atoms with Crippen molar-refractivity contribution in [2.45, 2.75) is 20.0 Å². The van der Waals surface area contributed by atoms with E-state index in [4.69, 9.17) is 11.6 Å². The van der Waals surface area contributed by atoms with Gasteiger partial charge in [-0.25, -0.2) is 4.39 Å². The van der Waals surface area contributed by atoms with Crippen LogP contribution in [-0.2, 0) is 4.79 Å². The molecular formula is C15H14ClF4NO. The molecule has 1 N–H and O–H groups in total. The molecule has 0 unspecified atom stereocenters. The highest BCUT2D eigenvalue weighted by atomic mass is 35.5. The molecule has 0 bridgehead atoms. The summed E-state index contributed by atoms with van der Waals surface area (Å²) in [6, 6.07) is 5.59. The van der Waals surface area contributed by atoms with Crippen LogP contribution in [0.5, 0.6) is 0 Å². The van der Waals surface area contributed by atoms with Crippen LogP contribution in [0.15, 0.2) is 35.4 Å². The number of halogens is 5. The Morgan fingerprint density at radius 3 is 2.45 bits per heavy atom. The molecule has 1 saturated carbocycles. The van der Waals surface area contributed by atoms with E-state index in [9.17, 15) is 22.4 Å². The minimum Gasteiger partial charge on any atom is -0.323 e. The summed E-state index contributed by atoms with van der Waals surface area (Å²) < 4.78 is 50.9. The first-order valence-corrected chi connectivity index (χ1v) is 6.93. The highest BCUT2D eigenvalue weighted by molar-refractivity contribution is 6.30. The lowest BCUT2D eigenvalue weighted by Crippen LogP contribution is -2.17. The van der Waals surface area contributed by atoms with E-state index >= 15 is 0 Å². The number of alkyl halides is 3. The molecule has 2 rings (SSSR count). The predicted molar refractivity (Wildman–Crippen MR) is 75.8 cm³/mol. The molecule has 0 aromatic heterocycles. The van der Waals surface area contributed by atoms with Gasteiger partial charge in [0.15, 0.2) is 0 Å². The molecule has 0 saturated heterocycles. The van der Waals surface area contributed by atoms with Crippen LogP contribution < -0.4 is 5.32 Å². The van der Waals surface area contributed by atoms with Gasteiger partial charge in [0, 0.05) is 0 Å². The van der Waals surface area contributed by atoms with Crippen LogP contribution in [0, 0.1) is 23.1 Å². The molecule has 0 radical (unpaired) electrons. The molecule has 7 heteroatoms. The Morgan fingerprint density at radius 1 is 1.32 bits per heavy atom. The fourth-order valence-electron chi connectivity index (χ4n) is 2.51. The smallest absolute Gasteiger partial charge is 0.323 e. The molecule has 1 amide bonds. The van der Waals surface area contributed by atoms with Gasteiger partial charge < -0.3 is 5.32 Å². The molecule has 1 aromatic rings. The van der Waals surface area contributed by atoms with Crippen molar-refractivity contribution in [3.8, 4) is 0 Å². The number of rotatable bonds is 3. The molecule has 0 spiro atoms. The standard InChI is InChI=1S/C15H14ClF4NO/c1-14(2)8(7-11(16)15(18,19)20)12(14)13(22)21-10-6-4-3-5-9(10)17/h3-8,12H,1-2H3,(H,21,22)/b11-7-/t8-,12-/m0/s1. The summed E-state index contributed by atoms with van der Waals surface area (Å²) >= 11 is 5.22. The minimum absolute atomic E-state index is 0.000141. The van der Waals surface area contributed by atoms with Crippen molar-refractivity contribution < 1.29 is 22.4 Å². The average Bonchev–Trinajstić information content (AvgIpc) is 2.92. The Bertz CT molecular complexity index is 624. The van der Waals surface area contributed by atoms with Crippen molar-refractivity contribution in [2.75, 3.05) is 5.32 Å². The molecule has 1 aromatic carbocycles. The summed E-state index contributed by atoms with van der Waals surface area (Å²) in [5, 5.41) is 1.16. The first-order valence-electron chi connectivity index (χ1n) is 6.55. The summed E-state index contributed by atoms with van der Waals surface area (Å²) in [6.07, 6.45) is -3.78. The molecule has 1 aliphatic carbocycles. The number of allylic oxidation sites excluding steroid dienone is 2. The van der Waals surface area contributed by atoms with Crippen LogP contribution in [0.4, 0.5) is 23.2 Å². The fraction of sp³-hybridized carbons (Fsp3) is 0.400. The van der Waals surface area contributed by atoms with Crippen molar-refractivity contribution in [3.05, 3.63) is 41.2 Å². The van der Waals surface area contributed by atoms with E-state index in [0.29, 0.717) is 0 Å². The summed E-state index contributed by atoms with van der Waals surface area (Å²) in [5.74, 6) is -2.46. The highest BCUT2D eigenvalue weighted by Crippen LogP contribution is 2.60. The predicted octanol–water partition coefficient (Wildman–Crippen LogP) is 4.72. The van der Waals surface area contributed by atoms with Gasteiger partial charge in [0.25, 0.3) is 0 Å². The summed E-state index contributed by atoms with van der Waals surface area (Å²) in [5.41, 5.74) is -0.666. The first kappa shape index (κ1) is 16.8. The number of nitrogens with one attached hydrogen (secondary N) is 1. The lowest BCUT2D eigenvalue weighted by Gasteiger charge is -2.06. The van der Waals surface area contributed by atoms with Gasteiger partial charge in [-0.1, -0.05) is 43.7 Å². The monoisotopic (exact) mass is 335 g/mol. The number of hydrogen-bond acceptors (Lipinski definition) is 1. The lowest BCUT2D eigenvalue weighted by molar-refractivity contribution is -0.118. The Labute approximate surface area is 130 Å². The Morgan fingerprint density at radius 2 is 1.91 bits per heavy atom. The van der Waals surface area contributed by atoms with Gasteiger partial charge in [-0.2, -0.15) is 13.2 Å². The maximum Gasteiger partial charge on any atom is 0.426 e. The van der Waals surface area contributed by atoms with Crippen LogP contribution in [0.1, 0.15) is 13.8 Å². The molecule has 1 aliphatic rings. The zero-order valence-electron chi connectivity index (χ0n) is 11.8. The molecule has 0 aliphatic heterocycles. The third kappa shape index (κ3) is 3.27. The van der Waals surface area contributed by atoms with Crippen molar-refractivity contribution >= 4 is 23.2 Å². The number of carbonyl (C=O) groups is 1. The maximum atomic E-state index is 13.5. The van der Waals surface area contributed by atoms with Crippen LogP contribution in [0.25, 0.3) is 0 Å². The molecule has 1 fully saturated rings. The molecule has 2 atom stereocenters. The fourth-order valence-corrected chi connectivity index (χ4v) is 2.65. The second-order valence-corrected chi connectivity index (χ2v) is 6.21. The van der Waals surface area contributed by atoms with Crippen LogP contribution in [0.2, 0.25) is 0 Å². The number of benzene rings is 1. The van der Waals surface area contributed by atoms with Crippen molar-refractivity contribution in [3.63, 3.8) is 0 Å². The molecule has 2 nitrogen and oxygen atoms in total. The van der Waals surface area contributed by atoms with Crippen molar-refractivity contribution in [2.24, 2.45) is 17.3 Å². The van der Waals surface area contributed by atoms with E-state index in [2.05, 4.69) is 5.32 Å². The van der Waals surface area contributed by atoms with Gasteiger partial charge in [0.05, 0.1) is 11.6 Å². The number of hydrogen-bond donors (Lipinski definition) is 1. The van der Waals surface area contributed by atoms with E-state index in [0.717, 1.165) is 6.08 Å². The topological polar surface area (TPSA) is 29.1 Å². The second-order valence-electron chi connectivity index (χ2n) is 5.81. The van der Waals surface area contributed by atoms with Crippen LogP contribution in [0.3, 0.4) is 0 Å².